The molecule has 0 aliphatic rings. The third-order valence-electron chi connectivity index (χ3n) is 0.837. The summed E-state index contributed by atoms with van der Waals surface area (Å²) in [5.41, 5.74) is 0. The normalized spacial score (nSPS) is 9.56. The SMILES string of the molecule is [O-][n+]1ccc(F)c(I)c1. The Morgan fingerprint density at radius 1 is 1.67 bits per heavy atom. The zero-order valence-corrected chi connectivity index (χ0v) is 6.50. The fraction of sp³-hybridized carbons (Fsp3) is 0. The van der Waals surface area contributed by atoms with E-state index in [9.17, 15) is 9.60 Å². The summed E-state index contributed by atoms with van der Waals surface area (Å²) in [6.07, 6.45) is 2.30. The van der Waals surface area contributed by atoms with E-state index < -0.39 is 0 Å². The van der Waals surface area contributed by atoms with Crippen LogP contribution >= 0.6 is 22.6 Å². The minimum absolute atomic E-state index is 0.338. The van der Waals surface area contributed by atoms with E-state index >= 15 is 0 Å². The lowest BCUT2D eigenvalue weighted by molar-refractivity contribution is -0.606. The first-order valence-electron chi connectivity index (χ1n) is 2.24. The van der Waals surface area contributed by atoms with Gasteiger partial charge in [-0.15, -0.1) is 0 Å². The molecule has 1 rings (SSSR count). The van der Waals surface area contributed by atoms with Gasteiger partial charge in [0.2, 0.25) is 0 Å². The summed E-state index contributed by atoms with van der Waals surface area (Å²) in [7, 11) is 0. The molecule has 0 saturated heterocycles. The highest BCUT2D eigenvalue weighted by Gasteiger charge is 1.99. The van der Waals surface area contributed by atoms with Crippen molar-refractivity contribution >= 4 is 22.6 Å². The van der Waals surface area contributed by atoms with Gasteiger partial charge >= 0.3 is 0 Å². The van der Waals surface area contributed by atoms with Crippen LogP contribution in [0.1, 0.15) is 0 Å². The maximum Gasteiger partial charge on any atom is 0.196 e. The molecule has 0 N–H and O–H groups in total. The molecule has 0 spiro atoms. The first kappa shape index (κ1) is 6.73. The number of nitrogens with zero attached hydrogens (tertiary/aromatic N) is 1. The summed E-state index contributed by atoms with van der Waals surface area (Å²) >= 11 is 1.75. The molecular weight excluding hydrogens is 236 g/mol. The molecule has 4 heteroatoms. The summed E-state index contributed by atoms with van der Waals surface area (Å²) in [6.45, 7) is 0. The molecular formula is C5H3FINO. The van der Waals surface area contributed by atoms with Crippen molar-refractivity contribution in [3.8, 4) is 0 Å². The van der Waals surface area contributed by atoms with E-state index in [1.165, 1.54) is 6.20 Å². The van der Waals surface area contributed by atoms with Crippen LogP contribution in [0.2, 0.25) is 0 Å². The number of hydrogen-bond donors (Lipinski definition) is 0. The summed E-state index contributed by atoms with van der Waals surface area (Å²) < 4.78 is 13.2. The molecule has 0 aliphatic carbocycles. The fourth-order valence-corrected chi connectivity index (χ4v) is 0.889. The van der Waals surface area contributed by atoms with Gasteiger partial charge in [-0.05, 0) is 22.6 Å². The predicted octanol–water partition coefficient (Wildman–Crippen LogP) is 1.06. The molecule has 0 aromatic carbocycles. The summed E-state index contributed by atoms with van der Waals surface area (Å²) in [4.78, 5) is 0. The van der Waals surface area contributed by atoms with Crippen molar-refractivity contribution in [3.63, 3.8) is 0 Å². The van der Waals surface area contributed by atoms with E-state index in [0.717, 1.165) is 12.3 Å². The van der Waals surface area contributed by atoms with Gasteiger partial charge in [0, 0.05) is 6.07 Å². The maximum absolute atomic E-state index is 12.3. The second-order valence-corrected chi connectivity index (χ2v) is 2.66. The molecule has 0 amide bonds. The Morgan fingerprint density at radius 3 is 2.78 bits per heavy atom. The molecule has 0 saturated carbocycles. The Hall–Kier alpha value is -0.390. The fourth-order valence-electron chi connectivity index (χ4n) is 0.435. The minimum atomic E-state index is -0.359. The third-order valence-corrected chi connectivity index (χ3v) is 1.63. The van der Waals surface area contributed by atoms with Gasteiger partial charge in [0.05, 0.1) is 0 Å². The maximum atomic E-state index is 12.3. The zero-order valence-electron chi connectivity index (χ0n) is 4.34. The third kappa shape index (κ3) is 1.51. The lowest BCUT2D eigenvalue weighted by Gasteiger charge is -1.94. The highest BCUT2D eigenvalue weighted by atomic mass is 127. The van der Waals surface area contributed by atoms with Gasteiger partial charge in [-0.2, -0.15) is 4.73 Å². The first-order valence-corrected chi connectivity index (χ1v) is 3.32. The molecule has 1 aromatic rings. The Bertz CT molecular complexity index is 228. The van der Waals surface area contributed by atoms with E-state index in [4.69, 9.17) is 0 Å². The minimum Gasteiger partial charge on any atom is -0.619 e. The van der Waals surface area contributed by atoms with Crippen molar-refractivity contribution in [3.05, 3.63) is 33.1 Å². The van der Waals surface area contributed by atoms with Gasteiger partial charge < -0.3 is 5.21 Å². The van der Waals surface area contributed by atoms with Gasteiger partial charge in [0.15, 0.2) is 12.4 Å². The van der Waals surface area contributed by atoms with E-state index in [-0.39, 0.29) is 5.82 Å². The van der Waals surface area contributed by atoms with Crippen LogP contribution in [0.3, 0.4) is 0 Å². The van der Waals surface area contributed by atoms with Gasteiger partial charge in [-0.3, -0.25) is 0 Å². The largest absolute Gasteiger partial charge is 0.619 e. The van der Waals surface area contributed by atoms with Crippen LogP contribution in [-0.4, -0.2) is 0 Å². The molecule has 48 valence electrons. The standard InChI is InChI=1S/C5H3FINO/c6-4-1-2-8(9)3-5(4)7/h1-3H. The average Bonchev–Trinajstić information content (AvgIpc) is 1.80. The molecule has 0 atom stereocenters. The van der Waals surface area contributed by atoms with Crippen LogP contribution in [0.25, 0.3) is 0 Å². The summed E-state index contributed by atoms with van der Waals surface area (Å²) in [5.74, 6) is -0.359. The zero-order chi connectivity index (χ0) is 6.85. The molecule has 0 fully saturated rings. The number of halogens is 2. The van der Waals surface area contributed by atoms with Crippen molar-refractivity contribution in [2.24, 2.45) is 0 Å². The van der Waals surface area contributed by atoms with Gasteiger partial charge in [-0.1, -0.05) is 0 Å². The number of aromatic nitrogens is 1. The number of rotatable bonds is 0. The highest BCUT2D eigenvalue weighted by Crippen LogP contribution is 2.04. The van der Waals surface area contributed by atoms with Crippen LogP contribution in [0, 0.1) is 14.6 Å². The number of hydrogen-bond acceptors (Lipinski definition) is 1. The van der Waals surface area contributed by atoms with Crippen molar-refractivity contribution < 1.29 is 9.12 Å². The monoisotopic (exact) mass is 239 g/mol. The molecule has 9 heavy (non-hydrogen) atoms. The molecule has 0 aliphatic heterocycles. The molecule has 0 unspecified atom stereocenters. The smallest absolute Gasteiger partial charge is 0.196 e. The van der Waals surface area contributed by atoms with Gasteiger partial charge in [0.25, 0.3) is 0 Å². The van der Waals surface area contributed by atoms with Gasteiger partial charge in [-0.25, -0.2) is 4.39 Å². The van der Waals surface area contributed by atoms with E-state index in [0.29, 0.717) is 8.30 Å². The van der Waals surface area contributed by atoms with E-state index in [2.05, 4.69) is 0 Å². The lowest BCUT2D eigenvalue weighted by atomic mass is 10.5. The van der Waals surface area contributed by atoms with Crippen LogP contribution in [0.15, 0.2) is 18.5 Å². The Kier molecular flexibility index (Phi) is 1.84. The summed E-state index contributed by atoms with van der Waals surface area (Å²) in [5, 5.41) is 10.4. The number of pyridine rings is 1. The first-order chi connectivity index (χ1) is 4.20. The second kappa shape index (κ2) is 2.47. The van der Waals surface area contributed by atoms with Crippen LogP contribution < -0.4 is 4.73 Å². The Morgan fingerprint density at radius 2 is 2.33 bits per heavy atom. The average molecular weight is 239 g/mol. The Labute approximate surface area is 65.0 Å². The second-order valence-electron chi connectivity index (χ2n) is 1.50. The van der Waals surface area contributed by atoms with Crippen molar-refractivity contribution in [2.75, 3.05) is 0 Å². The highest BCUT2D eigenvalue weighted by molar-refractivity contribution is 14.1. The van der Waals surface area contributed by atoms with Crippen molar-refractivity contribution in [2.45, 2.75) is 0 Å². The van der Waals surface area contributed by atoms with E-state index in [1.54, 1.807) is 22.6 Å². The van der Waals surface area contributed by atoms with Crippen LogP contribution in [0.4, 0.5) is 4.39 Å². The Balaban J connectivity index is 3.17. The molecule has 1 heterocycles. The molecule has 1 aromatic heterocycles. The van der Waals surface area contributed by atoms with Crippen LogP contribution in [0.5, 0.6) is 0 Å². The quantitative estimate of drug-likeness (QED) is 0.378. The van der Waals surface area contributed by atoms with Crippen molar-refractivity contribution in [1.82, 2.24) is 0 Å². The van der Waals surface area contributed by atoms with Crippen LogP contribution in [-0.2, 0) is 0 Å². The van der Waals surface area contributed by atoms with E-state index in [1.807, 2.05) is 0 Å². The molecule has 0 bridgehead atoms. The predicted molar refractivity (Wildman–Crippen MR) is 38.1 cm³/mol. The van der Waals surface area contributed by atoms with Crippen molar-refractivity contribution in [1.29, 1.82) is 0 Å². The lowest BCUT2D eigenvalue weighted by Crippen LogP contribution is -2.25. The topological polar surface area (TPSA) is 26.9 Å². The molecule has 0 radical (unpaired) electrons. The molecule has 2 nitrogen and oxygen atoms in total. The summed E-state index contributed by atoms with van der Waals surface area (Å²) in [6, 6.07) is 1.13. The van der Waals surface area contributed by atoms with Gasteiger partial charge in [0.1, 0.15) is 9.39 Å².